The molecule has 0 aromatic heterocycles. The van der Waals surface area contributed by atoms with Gasteiger partial charge in [0.1, 0.15) is 5.60 Å². The number of piperidine rings is 1. The number of benzene rings is 1. The maximum atomic E-state index is 12.1. The van der Waals surface area contributed by atoms with Gasteiger partial charge in [-0.1, -0.05) is 23.7 Å². The van der Waals surface area contributed by atoms with E-state index in [9.17, 15) is 9.59 Å². The van der Waals surface area contributed by atoms with Crippen LogP contribution in [0.15, 0.2) is 24.3 Å². The zero-order chi connectivity index (χ0) is 19.2. The molecule has 2 N–H and O–H groups in total. The van der Waals surface area contributed by atoms with Gasteiger partial charge in [0.05, 0.1) is 6.54 Å². The van der Waals surface area contributed by atoms with E-state index in [0.717, 1.165) is 31.5 Å². The minimum Gasteiger partial charge on any atom is -0.444 e. The van der Waals surface area contributed by atoms with Gasteiger partial charge in [-0.2, -0.15) is 0 Å². The Balaban J connectivity index is 1.66. The van der Waals surface area contributed by atoms with Crippen molar-refractivity contribution in [1.29, 1.82) is 0 Å². The monoisotopic (exact) mass is 381 g/mol. The first kappa shape index (κ1) is 20.5. The molecule has 144 valence electrons. The Morgan fingerprint density at radius 3 is 2.58 bits per heavy atom. The lowest BCUT2D eigenvalue weighted by Gasteiger charge is -2.32. The van der Waals surface area contributed by atoms with Crippen LogP contribution < -0.4 is 10.6 Å². The SMILES string of the molecule is CC(C)(C)OC(=O)NC1CCN(CC(=O)NCc2cccc(Cl)c2)CC1. The smallest absolute Gasteiger partial charge is 0.407 e. The summed E-state index contributed by atoms with van der Waals surface area (Å²) in [6, 6.07) is 7.54. The second kappa shape index (κ2) is 9.24. The van der Waals surface area contributed by atoms with Crippen molar-refractivity contribution in [3.8, 4) is 0 Å². The van der Waals surface area contributed by atoms with E-state index in [0.29, 0.717) is 18.1 Å². The van der Waals surface area contributed by atoms with Gasteiger partial charge in [0, 0.05) is 30.7 Å². The highest BCUT2D eigenvalue weighted by Gasteiger charge is 2.24. The molecule has 2 amide bonds. The zero-order valence-electron chi connectivity index (χ0n) is 15.7. The molecule has 1 aliphatic heterocycles. The molecule has 1 aliphatic rings. The molecule has 1 aromatic carbocycles. The van der Waals surface area contributed by atoms with Crippen molar-refractivity contribution in [2.24, 2.45) is 0 Å². The van der Waals surface area contributed by atoms with E-state index in [1.807, 2.05) is 45.0 Å². The first-order chi connectivity index (χ1) is 12.2. The second-order valence-corrected chi connectivity index (χ2v) is 8.04. The highest BCUT2D eigenvalue weighted by Crippen LogP contribution is 2.13. The number of rotatable bonds is 5. The zero-order valence-corrected chi connectivity index (χ0v) is 16.4. The molecule has 1 aromatic rings. The quantitative estimate of drug-likeness (QED) is 0.822. The van der Waals surface area contributed by atoms with Crippen LogP contribution in [-0.4, -0.2) is 48.2 Å². The standard InChI is InChI=1S/C19H28ClN3O3/c1-19(2,3)26-18(25)22-16-7-9-23(10-8-16)13-17(24)21-12-14-5-4-6-15(20)11-14/h4-6,11,16H,7-10,12-13H2,1-3H3,(H,21,24)(H,22,25). The number of nitrogens with zero attached hydrogens (tertiary/aromatic N) is 1. The summed E-state index contributed by atoms with van der Waals surface area (Å²) in [6.45, 7) is 7.90. The number of carbonyl (C=O) groups excluding carboxylic acids is 2. The molecule has 1 saturated heterocycles. The van der Waals surface area contributed by atoms with Gasteiger partial charge >= 0.3 is 6.09 Å². The van der Waals surface area contributed by atoms with Crippen LogP contribution in [0, 0.1) is 0 Å². The summed E-state index contributed by atoms with van der Waals surface area (Å²) in [6.07, 6.45) is 1.23. The molecule has 1 fully saturated rings. The second-order valence-electron chi connectivity index (χ2n) is 7.60. The fraction of sp³-hybridized carbons (Fsp3) is 0.579. The number of carbonyl (C=O) groups is 2. The predicted molar refractivity (Wildman–Crippen MR) is 102 cm³/mol. The van der Waals surface area contributed by atoms with E-state index in [4.69, 9.17) is 16.3 Å². The Hall–Kier alpha value is -1.79. The lowest BCUT2D eigenvalue weighted by atomic mass is 10.1. The largest absolute Gasteiger partial charge is 0.444 e. The molecule has 7 heteroatoms. The molecule has 2 rings (SSSR count). The topological polar surface area (TPSA) is 70.7 Å². The summed E-state index contributed by atoms with van der Waals surface area (Å²) in [5.74, 6) is -0.0106. The minimum absolute atomic E-state index is 0.0106. The van der Waals surface area contributed by atoms with Gasteiger partial charge in [-0.15, -0.1) is 0 Å². The van der Waals surface area contributed by atoms with Gasteiger partial charge in [-0.05, 0) is 51.3 Å². The normalized spacial score (nSPS) is 16.2. The van der Waals surface area contributed by atoms with E-state index in [2.05, 4.69) is 15.5 Å². The number of alkyl carbamates (subject to hydrolysis) is 1. The Bertz CT molecular complexity index is 623. The third kappa shape index (κ3) is 7.62. The first-order valence-electron chi connectivity index (χ1n) is 8.94. The average molecular weight is 382 g/mol. The van der Waals surface area contributed by atoms with Crippen molar-refractivity contribution in [2.75, 3.05) is 19.6 Å². The van der Waals surface area contributed by atoms with Crippen LogP contribution in [0.3, 0.4) is 0 Å². The van der Waals surface area contributed by atoms with Gasteiger partial charge in [0.25, 0.3) is 0 Å². The van der Waals surface area contributed by atoms with E-state index >= 15 is 0 Å². The minimum atomic E-state index is -0.494. The lowest BCUT2D eigenvalue weighted by Crippen LogP contribution is -2.48. The number of hydrogen-bond acceptors (Lipinski definition) is 4. The summed E-state index contributed by atoms with van der Waals surface area (Å²) in [5, 5.41) is 6.48. The van der Waals surface area contributed by atoms with E-state index < -0.39 is 5.60 Å². The number of hydrogen-bond donors (Lipinski definition) is 2. The molecule has 0 saturated carbocycles. The van der Waals surface area contributed by atoms with Gasteiger partial charge in [0.15, 0.2) is 0 Å². The molecule has 0 unspecified atom stereocenters. The van der Waals surface area contributed by atoms with Crippen molar-refractivity contribution in [3.05, 3.63) is 34.9 Å². The maximum Gasteiger partial charge on any atom is 0.407 e. The third-order valence-electron chi connectivity index (χ3n) is 4.05. The summed E-state index contributed by atoms with van der Waals surface area (Å²) >= 11 is 5.94. The molecular weight excluding hydrogens is 354 g/mol. The number of likely N-dealkylation sites (tertiary alicyclic amines) is 1. The van der Waals surface area contributed by atoms with Crippen molar-refractivity contribution in [2.45, 2.75) is 51.8 Å². The number of nitrogens with one attached hydrogen (secondary N) is 2. The van der Waals surface area contributed by atoms with E-state index in [-0.39, 0.29) is 18.0 Å². The maximum absolute atomic E-state index is 12.1. The Morgan fingerprint density at radius 1 is 1.27 bits per heavy atom. The van der Waals surface area contributed by atoms with Crippen LogP contribution in [0.25, 0.3) is 0 Å². The third-order valence-corrected chi connectivity index (χ3v) is 4.29. The number of amides is 2. The van der Waals surface area contributed by atoms with Crippen LogP contribution in [0.1, 0.15) is 39.2 Å². The predicted octanol–water partition coefficient (Wildman–Crippen LogP) is 2.95. The van der Waals surface area contributed by atoms with Crippen molar-refractivity contribution in [3.63, 3.8) is 0 Å². The molecular formula is C19H28ClN3O3. The van der Waals surface area contributed by atoms with Gasteiger partial charge in [-0.25, -0.2) is 4.79 Å². The van der Waals surface area contributed by atoms with E-state index in [1.165, 1.54) is 0 Å². The summed E-state index contributed by atoms with van der Waals surface area (Å²) in [7, 11) is 0. The molecule has 0 aliphatic carbocycles. The molecule has 0 spiro atoms. The summed E-state index contributed by atoms with van der Waals surface area (Å²) in [4.78, 5) is 26.0. The van der Waals surface area contributed by atoms with Crippen LogP contribution in [0.2, 0.25) is 5.02 Å². The molecule has 0 radical (unpaired) electrons. The van der Waals surface area contributed by atoms with Gasteiger partial charge in [-0.3, -0.25) is 9.69 Å². The fourth-order valence-electron chi connectivity index (χ4n) is 2.82. The molecule has 0 atom stereocenters. The van der Waals surface area contributed by atoms with Crippen molar-refractivity contribution < 1.29 is 14.3 Å². The summed E-state index contributed by atoms with van der Waals surface area (Å²) in [5.41, 5.74) is 0.484. The first-order valence-corrected chi connectivity index (χ1v) is 9.32. The number of halogens is 1. The Morgan fingerprint density at radius 2 is 1.96 bits per heavy atom. The van der Waals surface area contributed by atoms with Crippen molar-refractivity contribution >= 4 is 23.6 Å². The summed E-state index contributed by atoms with van der Waals surface area (Å²) < 4.78 is 5.28. The molecule has 26 heavy (non-hydrogen) atoms. The van der Waals surface area contributed by atoms with Crippen LogP contribution in [0.4, 0.5) is 4.79 Å². The average Bonchev–Trinajstić information content (AvgIpc) is 2.53. The molecule has 1 heterocycles. The lowest BCUT2D eigenvalue weighted by molar-refractivity contribution is -0.122. The van der Waals surface area contributed by atoms with Crippen molar-refractivity contribution in [1.82, 2.24) is 15.5 Å². The number of ether oxygens (including phenoxy) is 1. The van der Waals surface area contributed by atoms with Crippen LogP contribution in [0.5, 0.6) is 0 Å². The Kier molecular flexibility index (Phi) is 7.29. The highest BCUT2D eigenvalue weighted by atomic mass is 35.5. The highest BCUT2D eigenvalue weighted by molar-refractivity contribution is 6.30. The Labute approximate surface area is 160 Å². The van der Waals surface area contributed by atoms with Crippen LogP contribution >= 0.6 is 11.6 Å². The van der Waals surface area contributed by atoms with Gasteiger partial charge < -0.3 is 15.4 Å². The van der Waals surface area contributed by atoms with E-state index in [1.54, 1.807) is 0 Å². The fourth-order valence-corrected chi connectivity index (χ4v) is 3.03. The van der Waals surface area contributed by atoms with Gasteiger partial charge in [0.2, 0.25) is 5.91 Å². The molecule has 0 bridgehead atoms. The van der Waals surface area contributed by atoms with Crippen LogP contribution in [-0.2, 0) is 16.1 Å². The molecule has 6 nitrogen and oxygen atoms in total.